The lowest BCUT2D eigenvalue weighted by molar-refractivity contribution is -0.123. The quantitative estimate of drug-likeness (QED) is 0.752. The van der Waals surface area contributed by atoms with Crippen molar-refractivity contribution in [3.8, 4) is 17.2 Å². The van der Waals surface area contributed by atoms with Crippen LogP contribution in [0.3, 0.4) is 0 Å². The van der Waals surface area contributed by atoms with Gasteiger partial charge in [0.1, 0.15) is 24.5 Å². The molecule has 1 amide bonds. The maximum absolute atomic E-state index is 12.3. The van der Waals surface area contributed by atoms with Crippen LogP contribution in [0.25, 0.3) is 10.9 Å². The van der Waals surface area contributed by atoms with Gasteiger partial charge in [0.15, 0.2) is 18.1 Å². The van der Waals surface area contributed by atoms with Crippen LogP contribution in [0.4, 0.5) is 0 Å². The summed E-state index contributed by atoms with van der Waals surface area (Å²) >= 11 is 0. The fourth-order valence-corrected chi connectivity index (χ4v) is 3.03. The van der Waals surface area contributed by atoms with Crippen molar-refractivity contribution in [3.05, 3.63) is 60.3 Å². The molecule has 1 unspecified atom stereocenters. The summed E-state index contributed by atoms with van der Waals surface area (Å²) in [5.74, 6) is 1.83. The zero-order chi connectivity index (χ0) is 18.6. The fourth-order valence-electron chi connectivity index (χ4n) is 3.03. The van der Waals surface area contributed by atoms with Crippen LogP contribution in [0.2, 0.25) is 0 Å². The zero-order valence-corrected chi connectivity index (χ0v) is 15.0. The Balaban J connectivity index is 1.39. The second kappa shape index (κ2) is 7.53. The molecule has 0 radical (unpaired) electrons. The summed E-state index contributed by atoms with van der Waals surface area (Å²) in [4.78, 5) is 16.6. The van der Waals surface area contributed by atoms with Gasteiger partial charge in [0.05, 0.1) is 6.04 Å². The second-order valence-electron chi connectivity index (χ2n) is 6.31. The molecule has 0 aliphatic carbocycles. The summed E-state index contributed by atoms with van der Waals surface area (Å²) in [6.45, 7) is 2.93. The van der Waals surface area contributed by atoms with E-state index in [0.29, 0.717) is 24.7 Å². The standard InChI is InChI=1S/C21H20N2O4/c1-14(16-7-8-17-19(12-16)26-11-10-25-17)23-20(24)13-27-18-6-2-4-15-5-3-9-22-21(15)18/h2-9,12,14H,10-11,13H2,1H3,(H,23,24). The number of nitrogens with one attached hydrogen (secondary N) is 1. The third-order valence-electron chi connectivity index (χ3n) is 4.40. The maximum atomic E-state index is 12.3. The predicted molar refractivity (Wildman–Crippen MR) is 101 cm³/mol. The minimum Gasteiger partial charge on any atom is -0.486 e. The van der Waals surface area contributed by atoms with Crippen molar-refractivity contribution < 1.29 is 19.0 Å². The number of rotatable bonds is 5. The minimum absolute atomic E-state index is 0.0788. The largest absolute Gasteiger partial charge is 0.486 e. The number of carbonyl (C=O) groups is 1. The van der Waals surface area contributed by atoms with Gasteiger partial charge in [-0.25, -0.2) is 0 Å². The van der Waals surface area contributed by atoms with Gasteiger partial charge < -0.3 is 19.5 Å². The van der Waals surface area contributed by atoms with Crippen LogP contribution in [0, 0.1) is 0 Å². The molecule has 0 bridgehead atoms. The van der Waals surface area contributed by atoms with Gasteiger partial charge in [-0.1, -0.05) is 24.3 Å². The van der Waals surface area contributed by atoms with E-state index in [0.717, 1.165) is 22.2 Å². The van der Waals surface area contributed by atoms with E-state index in [1.807, 2.05) is 55.5 Å². The van der Waals surface area contributed by atoms with Gasteiger partial charge >= 0.3 is 0 Å². The highest BCUT2D eigenvalue weighted by Crippen LogP contribution is 2.32. The van der Waals surface area contributed by atoms with E-state index >= 15 is 0 Å². The number of fused-ring (bicyclic) bond motifs is 2. The lowest BCUT2D eigenvalue weighted by atomic mass is 10.1. The lowest BCUT2D eigenvalue weighted by Crippen LogP contribution is -2.31. The third kappa shape index (κ3) is 3.79. The molecule has 27 heavy (non-hydrogen) atoms. The average molecular weight is 364 g/mol. The van der Waals surface area contributed by atoms with Crippen molar-refractivity contribution in [1.29, 1.82) is 0 Å². The molecular formula is C21H20N2O4. The molecule has 6 heteroatoms. The number of hydrogen-bond acceptors (Lipinski definition) is 5. The first kappa shape index (κ1) is 17.1. The van der Waals surface area contributed by atoms with E-state index in [1.165, 1.54) is 0 Å². The molecule has 0 spiro atoms. The molecule has 2 heterocycles. The van der Waals surface area contributed by atoms with Crippen LogP contribution in [-0.4, -0.2) is 30.7 Å². The lowest BCUT2D eigenvalue weighted by Gasteiger charge is -2.21. The molecule has 1 atom stereocenters. The van der Waals surface area contributed by atoms with Gasteiger partial charge in [0.2, 0.25) is 0 Å². The van der Waals surface area contributed by atoms with Gasteiger partial charge in [-0.3, -0.25) is 9.78 Å². The minimum atomic E-state index is -0.203. The summed E-state index contributed by atoms with van der Waals surface area (Å²) in [7, 11) is 0. The van der Waals surface area contributed by atoms with Crippen LogP contribution in [0.1, 0.15) is 18.5 Å². The van der Waals surface area contributed by atoms with Gasteiger partial charge in [0.25, 0.3) is 5.91 Å². The molecule has 3 aromatic rings. The van der Waals surface area contributed by atoms with Crippen LogP contribution in [0.5, 0.6) is 17.2 Å². The second-order valence-corrected chi connectivity index (χ2v) is 6.31. The van der Waals surface area contributed by atoms with Crippen LogP contribution >= 0.6 is 0 Å². The van der Waals surface area contributed by atoms with Crippen molar-refractivity contribution in [2.24, 2.45) is 0 Å². The summed E-state index contributed by atoms with van der Waals surface area (Å²) < 4.78 is 16.8. The third-order valence-corrected chi connectivity index (χ3v) is 4.40. The van der Waals surface area contributed by atoms with E-state index in [-0.39, 0.29) is 18.6 Å². The molecule has 6 nitrogen and oxygen atoms in total. The molecule has 0 saturated carbocycles. The van der Waals surface area contributed by atoms with Gasteiger partial charge in [-0.2, -0.15) is 0 Å². The SMILES string of the molecule is CC(NC(=O)COc1cccc2cccnc12)c1ccc2c(c1)OCCO2. The first-order chi connectivity index (χ1) is 13.2. The summed E-state index contributed by atoms with van der Waals surface area (Å²) in [6, 6.07) is 15.0. The Morgan fingerprint density at radius 2 is 1.96 bits per heavy atom. The molecule has 138 valence electrons. The van der Waals surface area contributed by atoms with Gasteiger partial charge in [0, 0.05) is 11.6 Å². The van der Waals surface area contributed by atoms with E-state index in [4.69, 9.17) is 14.2 Å². The Labute approximate surface area is 157 Å². The molecule has 1 aliphatic heterocycles. The highest BCUT2D eigenvalue weighted by molar-refractivity contribution is 5.85. The number of aromatic nitrogens is 1. The highest BCUT2D eigenvalue weighted by Gasteiger charge is 2.16. The van der Waals surface area contributed by atoms with Crippen LogP contribution < -0.4 is 19.5 Å². The van der Waals surface area contributed by atoms with Crippen molar-refractivity contribution in [3.63, 3.8) is 0 Å². The Hall–Kier alpha value is -3.28. The smallest absolute Gasteiger partial charge is 0.258 e. The Morgan fingerprint density at radius 1 is 1.15 bits per heavy atom. The molecule has 4 rings (SSSR count). The van der Waals surface area contributed by atoms with Crippen molar-refractivity contribution in [1.82, 2.24) is 10.3 Å². The Morgan fingerprint density at radius 3 is 2.85 bits per heavy atom. The topological polar surface area (TPSA) is 69.7 Å². The van der Waals surface area contributed by atoms with Crippen molar-refractivity contribution >= 4 is 16.8 Å². The van der Waals surface area contributed by atoms with Crippen molar-refractivity contribution in [2.75, 3.05) is 19.8 Å². The zero-order valence-electron chi connectivity index (χ0n) is 15.0. The Bertz CT molecular complexity index is 968. The molecular weight excluding hydrogens is 344 g/mol. The fraction of sp³-hybridized carbons (Fsp3) is 0.238. The molecule has 0 fully saturated rings. The number of pyridine rings is 1. The number of carbonyl (C=O) groups excluding carboxylic acids is 1. The summed E-state index contributed by atoms with van der Waals surface area (Å²) in [5.41, 5.74) is 1.69. The molecule has 1 N–H and O–H groups in total. The Kier molecular flexibility index (Phi) is 4.78. The van der Waals surface area contributed by atoms with Crippen LogP contribution in [0.15, 0.2) is 54.7 Å². The molecule has 1 aromatic heterocycles. The number of ether oxygens (including phenoxy) is 3. The number of benzene rings is 2. The summed E-state index contributed by atoms with van der Waals surface area (Å²) in [6.07, 6.45) is 1.71. The summed E-state index contributed by atoms with van der Waals surface area (Å²) in [5, 5.41) is 3.91. The maximum Gasteiger partial charge on any atom is 0.258 e. The monoisotopic (exact) mass is 364 g/mol. The van der Waals surface area contributed by atoms with Crippen molar-refractivity contribution in [2.45, 2.75) is 13.0 Å². The number of nitrogens with zero attached hydrogens (tertiary/aromatic N) is 1. The number of amides is 1. The van der Waals surface area contributed by atoms with E-state index < -0.39 is 0 Å². The van der Waals surface area contributed by atoms with Gasteiger partial charge in [-0.05, 0) is 36.8 Å². The number of hydrogen-bond donors (Lipinski definition) is 1. The van der Waals surface area contributed by atoms with Crippen LogP contribution in [-0.2, 0) is 4.79 Å². The van der Waals surface area contributed by atoms with Gasteiger partial charge in [-0.15, -0.1) is 0 Å². The number of para-hydroxylation sites is 1. The normalized spacial score (nSPS) is 13.8. The average Bonchev–Trinajstić information content (AvgIpc) is 2.71. The molecule has 2 aromatic carbocycles. The first-order valence-electron chi connectivity index (χ1n) is 8.86. The first-order valence-corrected chi connectivity index (χ1v) is 8.86. The molecule has 1 aliphatic rings. The predicted octanol–water partition coefficient (Wildman–Crippen LogP) is 3.26. The highest BCUT2D eigenvalue weighted by atomic mass is 16.6. The van der Waals surface area contributed by atoms with E-state index in [2.05, 4.69) is 10.3 Å². The van der Waals surface area contributed by atoms with E-state index in [9.17, 15) is 4.79 Å². The van der Waals surface area contributed by atoms with E-state index in [1.54, 1.807) is 6.20 Å². The molecule has 0 saturated heterocycles.